The number of benzene rings is 2. The highest BCUT2D eigenvalue weighted by molar-refractivity contribution is 5.79. The zero-order chi connectivity index (χ0) is 19.3. The maximum atomic E-state index is 12.8. The predicted molar refractivity (Wildman–Crippen MR) is 95.8 cm³/mol. The van der Waals surface area contributed by atoms with Crippen LogP contribution in [0.2, 0.25) is 0 Å². The summed E-state index contributed by atoms with van der Waals surface area (Å²) in [6.07, 6.45) is -2.96. The molecule has 0 aliphatic rings. The summed E-state index contributed by atoms with van der Waals surface area (Å²) < 4.78 is 38.5. The Hall–Kier alpha value is -3.15. The molecule has 0 bridgehead atoms. The molecule has 0 unspecified atom stereocenters. The van der Waals surface area contributed by atoms with Crippen molar-refractivity contribution < 1.29 is 18.0 Å². The molecule has 2 aromatic carbocycles. The van der Waals surface area contributed by atoms with Crippen molar-refractivity contribution in [2.45, 2.75) is 18.6 Å². The Balaban J connectivity index is 1.80. The van der Waals surface area contributed by atoms with Crippen LogP contribution in [-0.2, 0) is 17.4 Å². The molecule has 6 heteroatoms. The lowest BCUT2D eigenvalue weighted by atomic mass is 10.0. The second-order valence-electron chi connectivity index (χ2n) is 6.04. The highest BCUT2D eigenvalue weighted by Gasteiger charge is 2.30. The SMILES string of the molecule is O=C(Cc1cccc(C(F)(F)F)c1)N[C@@H](c1ccccc1)c1ccccn1. The fraction of sp³-hybridized carbons (Fsp3) is 0.143. The predicted octanol–water partition coefficient (Wildman–Crippen LogP) is 4.55. The molecule has 0 saturated carbocycles. The fourth-order valence-electron chi connectivity index (χ4n) is 2.78. The van der Waals surface area contributed by atoms with Gasteiger partial charge in [-0.15, -0.1) is 0 Å². The molecule has 138 valence electrons. The van der Waals surface area contributed by atoms with Gasteiger partial charge in [-0.25, -0.2) is 0 Å². The van der Waals surface area contributed by atoms with Gasteiger partial charge in [0.25, 0.3) is 0 Å². The lowest BCUT2D eigenvalue weighted by Gasteiger charge is -2.19. The van der Waals surface area contributed by atoms with E-state index in [2.05, 4.69) is 10.3 Å². The first-order valence-corrected chi connectivity index (χ1v) is 8.35. The van der Waals surface area contributed by atoms with Gasteiger partial charge in [-0.3, -0.25) is 9.78 Å². The number of carbonyl (C=O) groups excluding carboxylic acids is 1. The molecule has 1 aromatic heterocycles. The maximum absolute atomic E-state index is 12.8. The number of pyridine rings is 1. The van der Waals surface area contributed by atoms with E-state index in [1.54, 1.807) is 18.3 Å². The molecule has 1 N–H and O–H groups in total. The van der Waals surface area contributed by atoms with Crippen LogP contribution in [0.5, 0.6) is 0 Å². The molecular weight excluding hydrogens is 353 g/mol. The van der Waals surface area contributed by atoms with Crippen LogP contribution in [0.1, 0.15) is 28.4 Å². The van der Waals surface area contributed by atoms with Gasteiger partial charge in [0.2, 0.25) is 5.91 Å². The molecule has 0 aliphatic heterocycles. The molecule has 1 amide bonds. The van der Waals surface area contributed by atoms with Crippen molar-refractivity contribution in [2.75, 3.05) is 0 Å². The molecule has 0 aliphatic carbocycles. The quantitative estimate of drug-likeness (QED) is 0.716. The lowest BCUT2D eigenvalue weighted by molar-refractivity contribution is -0.137. The molecule has 1 atom stereocenters. The Kier molecular flexibility index (Phi) is 5.54. The van der Waals surface area contributed by atoms with Crippen molar-refractivity contribution in [3.8, 4) is 0 Å². The molecule has 3 nitrogen and oxygen atoms in total. The number of halogens is 3. The molecule has 0 saturated heterocycles. The standard InChI is InChI=1S/C21H17F3N2O/c22-21(23,24)17-10-6-7-15(13-17)14-19(27)26-20(16-8-2-1-3-9-16)18-11-4-5-12-25-18/h1-13,20H,14H2,(H,26,27)/t20-/m0/s1. The van der Waals surface area contributed by atoms with Crippen molar-refractivity contribution in [1.29, 1.82) is 0 Å². The molecule has 1 heterocycles. The van der Waals surface area contributed by atoms with Gasteiger partial charge in [-0.2, -0.15) is 13.2 Å². The van der Waals surface area contributed by atoms with E-state index >= 15 is 0 Å². The van der Waals surface area contributed by atoms with E-state index in [-0.39, 0.29) is 12.3 Å². The second kappa shape index (κ2) is 8.03. The minimum atomic E-state index is -4.44. The molecule has 0 radical (unpaired) electrons. The third-order valence-electron chi connectivity index (χ3n) is 4.04. The Morgan fingerprint density at radius 3 is 2.37 bits per heavy atom. The van der Waals surface area contributed by atoms with Crippen LogP contribution < -0.4 is 5.32 Å². The van der Waals surface area contributed by atoms with Crippen molar-refractivity contribution in [3.63, 3.8) is 0 Å². The summed E-state index contributed by atoms with van der Waals surface area (Å²) >= 11 is 0. The summed E-state index contributed by atoms with van der Waals surface area (Å²) in [7, 11) is 0. The molecule has 0 spiro atoms. The summed E-state index contributed by atoms with van der Waals surface area (Å²) in [5.74, 6) is -0.381. The summed E-state index contributed by atoms with van der Waals surface area (Å²) in [5, 5.41) is 2.87. The van der Waals surface area contributed by atoms with Gasteiger partial charge in [0.05, 0.1) is 23.7 Å². The lowest BCUT2D eigenvalue weighted by Crippen LogP contribution is -2.31. The van der Waals surface area contributed by atoms with E-state index in [1.807, 2.05) is 36.4 Å². The van der Waals surface area contributed by atoms with Crippen LogP contribution in [0.4, 0.5) is 13.2 Å². The van der Waals surface area contributed by atoms with Crippen LogP contribution in [0.15, 0.2) is 79.0 Å². The average Bonchev–Trinajstić information content (AvgIpc) is 2.67. The summed E-state index contributed by atoms with van der Waals surface area (Å²) in [5.41, 5.74) is 1.03. The van der Waals surface area contributed by atoms with Gasteiger partial charge >= 0.3 is 6.18 Å². The van der Waals surface area contributed by atoms with E-state index < -0.39 is 17.8 Å². The van der Waals surface area contributed by atoms with Gasteiger partial charge < -0.3 is 5.32 Å². The van der Waals surface area contributed by atoms with E-state index in [9.17, 15) is 18.0 Å². The normalized spacial score (nSPS) is 12.4. The minimum Gasteiger partial charge on any atom is -0.343 e. The Morgan fingerprint density at radius 1 is 0.963 bits per heavy atom. The maximum Gasteiger partial charge on any atom is 0.416 e. The van der Waals surface area contributed by atoms with Crippen molar-refractivity contribution in [2.24, 2.45) is 0 Å². The van der Waals surface area contributed by atoms with Crippen molar-refractivity contribution in [3.05, 3.63) is 101 Å². The smallest absolute Gasteiger partial charge is 0.343 e. The van der Waals surface area contributed by atoms with E-state index in [0.29, 0.717) is 11.3 Å². The number of aromatic nitrogens is 1. The molecule has 3 aromatic rings. The van der Waals surface area contributed by atoms with Crippen molar-refractivity contribution in [1.82, 2.24) is 10.3 Å². The summed E-state index contributed by atoms with van der Waals surface area (Å²) in [6.45, 7) is 0. The van der Waals surface area contributed by atoms with Gasteiger partial charge in [0, 0.05) is 6.20 Å². The van der Waals surface area contributed by atoms with E-state index in [1.165, 1.54) is 12.1 Å². The third kappa shape index (κ3) is 4.94. The Morgan fingerprint density at radius 2 is 1.70 bits per heavy atom. The largest absolute Gasteiger partial charge is 0.416 e. The van der Waals surface area contributed by atoms with Crippen molar-refractivity contribution >= 4 is 5.91 Å². The Bertz CT molecular complexity index is 857. The molecule has 3 rings (SSSR count). The van der Waals surface area contributed by atoms with Gasteiger partial charge in [-0.1, -0.05) is 54.6 Å². The zero-order valence-electron chi connectivity index (χ0n) is 14.3. The van der Waals surface area contributed by atoms with Gasteiger partial charge in [0.15, 0.2) is 0 Å². The van der Waals surface area contributed by atoms with Gasteiger partial charge in [0.1, 0.15) is 0 Å². The number of hydrogen-bond donors (Lipinski definition) is 1. The molecule has 0 fully saturated rings. The number of rotatable bonds is 5. The first kappa shape index (κ1) is 18.6. The first-order valence-electron chi connectivity index (χ1n) is 8.35. The highest BCUT2D eigenvalue weighted by Crippen LogP contribution is 2.29. The van der Waals surface area contributed by atoms with Gasteiger partial charge in [-0.05, 0) is 29.3 Å². The summed E-state index contributed by atoms with van der Waals surface area (Å²) in [6, 6.07) is 19.0. The third-order valence-corrected chi connectivity index (χ3v) is 4.04. The molecule has 27 heavy (non-hydrogen) atoms. The monoisotopic (exact) mass is 370 g/mol. The van der Waals surface area contributed by atoms with E-state index in [0.717, 1.165) is 17.7 Å². The van der Waals surface area contributed by atoms with Crippen LogP contribution in [-0.4, -0.2) is 10.9 Å². The zero-order valence-corrected chi connectivity index (χ0v) is 14.3. The van der Waals surface area contributed by atoms with Crippen LogP contribution >= 0.6 is 0 Å². The van der Waals surface area contributed by atoms with Crippen LogP contribution in [0, 0.1) is 0 Å². The highest BCUT2D eigenvalue weighted by atomic mass is 19.4. The molecular formula is C21H17F3N2O. The average molecular weight is 370 g/mol. The fourth-order valence-corrected chi connectivity index (χ4v) is 2.78. The number of nitrogens with one attached hydrogen (secondary N) is 1. The minimum absolute atomic E-state index is 0.153. The number of amides is 1. The first-order chi connectivity index (χ1) is 12.9. The Labute approximate surface area is 154 Å². The number of carbonyl (C=O) groups is 1. The number of alkyl halides is 3. The van der Waals surface area contributed by atoms with Crippen LogP contribution in [0.3, 0.4) is 0 Å². The summed E-state index contributed by atoms with van der Waals surface area (Å²) in [4.78, 5) is 16.8. The number of hydrogen-bond acceptors (Lipinski definition) is 2. The number of nitrogens with zero attached hydrogens (tertiary/aromatic N) is 1. The van der Waals surface area contributed by atoms with E-state index in [4.69, 9.17) is 0 Å². The van der Waals surface area contributed by atoms with Crippen LogP contribution in [0.25, 0.3) is 0 Å². The topological polar surface area (TPSA) is 42.0 Å². The second-order valence-corrected chi connectivity index (χ2v) is 6.04.